The van der Waals surface area contributed by atoms with Gasteiger partial charge in [-0.2, -0.15) is 0 Å². The number of aryl methyl sites for hydroxylation is 1. The number of carboxylic acids is 1. The number of hydrogen-bond donors (Lipinski definition) is 2. The maximum absolute atomic E-state index is 11.4. The molecule has 0 amide bonds. The number of aliphatic carboxylic acids is 1. The van der Waals surface area contributed by atoms with Gasteiger partial charge in [-0.1, -0.05) is 12.1 Å². The maximum Gasteiger partial charge on any atom is 0.314 e. The van der Waals surface area contributed by atoms with Gasteiger partial charge in [0.15, 0.2) is 0 Å². The molecule has 0 spiro atoms. The van der Waals surface area contributed by atoms with Crippen molar-refractivity contribution in [3.05, 3.63) is 29.3 Å². The molecule has 1 aliphatic carbocycles. The van der Waals surface area contributed by atoms with Crippen molar-refractivity contribution in [3.8, 4) is 5.75 Å². The number of carbonyl (C=O) groups is 1. The Labute approximate surface area is 100 Å². The summed E-state index contributed by atoms with van der Waals surface area (Å²) in [7, 11) is 1.61. The quantitative estimate of drug-likeness (QED) is 0.831. The van der Waals surface area contributed by atoms with E-state index in [9.17, 15) is 9.90 Å². The van der Waals surface area contributed by atoms with Gasteiger partial charge in [0.2, 0.25) is 0 Å². The van der Waals surface area contributed by atoms with Gasteiger partial charge in [0.25, 0.3) is 0 Å². The summed E-state index contributed by atoms with van der Waals surface area (Å²) in [4.78, 5) is 11.4. The summed E-state index contributed by atoms with van der Waals surface area (Å²) in [5, 5.41) is 9.39. The number of benzene rings is 1. The molecule has 1 aliphatic rings. The van der Waals surface area contributed by atoms with Crippen LogP contribution in [0.25, 0.3) is 0 Å². The first-order valence-corrected chi connectivity index (χ1v) is 5.64. The lowest BCUT2D eigenvalue weighted by Crippen LogP contribution is -2.54. The molecule has 17 heavy (non-hydrogen) atoms. The standard InChI is InChI=1S/C13H17NO3/c1-8-5-9(3-4-11(8)17-2)13(12(15)16)6-10(14)7-13/h3-5,10H,6-7,14H2,1-2H3,(H,15,16). The lowest BCUT2D eigenvalue weighted by molar-refractivity contribution is -0.148. The van der Waals surface area contributed by atoms with Crippen LogP contribution in [0.4, 0.5) is 0 Å². The van der Waals surface area contributed by atoms with Crippen LogP contribution in [0.15, 0.2) is 18.2 Å². The number of nitrogens with two attached hydrogens (primary N) is 1. The van der Waals surface area contributed by atoms with E-state index >= 15 is 0 Å². The second-order valence-corrected chi connectivity index (χ2v) is 4.74. The van der Waals surface area contributed by atoms with E-state index in [4.69, 9.17) is 10.5 Å². The van der Waals surface area contributed by atoms with Gasteiger partial charge < -0.3 is 15.6 Å². The third-order valence-electron chi connectivity index (χ3n) is 3.58. The Morgan fingerprint density at radius 3 is 2.59 bits per heavy atom. The SMILES string of the molecule is COc1ccc(C2(C(=O)O)CC(N)C2)cc1C. The summed E-state index contributed by atoms with van der Waals surface area (Å²) in [6.45, 7) is 1.91. The molecule has 0 aromatic heterocycles. The van der Waals surface area contributed by atoms with Crippen LogP contribution in [0.5, 0.6) is 5.75 Å². The van der Waals surface area contributed by atoms with Gasteiger partial charge in [-0.15, -0.1) is 0 Å². The minimum absolute atomic E-state index is 0.00601. The first kappa shape index (κ1) is 11.9. The van der Waals surface area contributed by atoms with Crippen molar-refractivity contribution in [2.24, 2.45) is 5.73 Å². The van der Waals surface area contributed by atoms with E-state index in [0.29, 0.717) is 12.8 Å². The molecule has 0 aliphatic heterocycles. The zero-order valence-corrected chi connectivity index (χ0v) is 10.1. The number of carboxylic acid groups (broad SMARTS) is 1. The predicted molar refractivity (Wildman–Crippen MR) is 64.3 cm³/mol. The van der Waals surface area contributed by atoms with E-state index in [1.54, 1.807) is 7.11 Å². The summed E-state index contributed by atoms with van der Waals surface area (Å²) >= 11 is 0. The third kappa shape index (κ3) is 1.78. The van der Waals surface area contributed by atoms with Crippen molar-refractivity contribution in [2.75, 3.05) is 7.11 Å². The van der Waals surface area contributed by atoms with Crippen LogP contribution < -0.4 is 10.5 Å². The molecule has 0 radical (unpaired) electrons. The van der Waals surface area contributed by atoms with E-state index in [-0.39, 0.29) is 6.04 Å². The van der Waals surface area contributed by atoms with Gasteiger partial charge in [-0.3, -0.25) is 4.79 Å². The molecule has 2 rings (SSSR count). The second kappa shape index (κ2) is 4.04. The molecule has 0 unspecified atom stereocenters. The molecule has 1 saturated carbocycles. The van der Waals surface area contributed by atoms with Crippen molar-refractivity contribution in [2.45, 2.75) is 31.2 Å². The predicted octanol–water partition coefficient (Wildman–Crippen LogP) is 1.45. The fourth-order valence-corrected chi connectivity index (χ4v) is 2.55. The van der Waals surface area contributed by atoms with Crippen LogP contribution >= 0.6 is 0 Å². The minimum Gasteiger partial charge on any atom is -0.496 e. The maximum atomic E-state index is 11.4. The highest BCUT2D eigenvalue weighted by atomic mass is 16.5. The van der Waals surface area contributed by atoms with Gasteiger partial charge in [-0.05, 0) is 37.0 Å². The normalized spacial score (nSPS) is 27.4. The Balaban J connectivity index is 2.39. The molecule has 1 aromatic rings. The molecule has 0 bridgehead atoms. The van der Waals surface area contributed by atoms with Crippen LogP contribution in [0, 0.1) is 6.92 Å². The topological polar surface area (TPSA) is 72.5 Å². The molecule has 3 N–H and O–H groups in total. The van der Waals surface area contributed by atoms with Crippen molar-refractivity contribution in [1.82, 2.24) is 0 Å². The van der Waals surface area contributed by atoms with E-state index in [1.807, 2.05) is 25.1 Å². The number of hydrogen-bond acceptors (Lipinski definition) is 3. The smallest absolute Gasteiger partial charge is 0.314 e. The van der Waals surface area contributed by atoms with Gasteiger partial charge in [-0.25, -0.2) is 0 Å². The molecule has 92 valence electrons. The minimum atomic E-state index is -0.795. The Morgan fingerprint density at radius 1 is 1.53 bits per heavy atom. The summed E-state index contributed by atoms with van der Waals surface area (Å²) in [6.07, 6.45) is 1.02. The van der Waals surface area contributed by atoms with Gasteiger partial charge in [0.05, 0.1) is 12.5 Å². The summed E-state index contributed by atoms with van der Waals surface area (Å²) in [5.74, 6) is -0.0123. The second-order valence-electron chi connectivity index (χ2n) is 4.74. The number of rotatable bonds is 3. The first-order valence-electron chi connectivity index (χ1n) is 5.64. The fraction of sp³-hybridized carbons (Fsp3) is 0.462. The molecule has 0 heterocycles. The molecular formula is C13H17NO3. The largest absolute Gasteiger partial charge is 0.496 e. The van der Waals surface area contributed by atoms with E-state index in [1.165, 1.54) is 0 Å². The lowest BCUT2D eigenvalue weighted by Gasteiger charge is -2.43. The third-order valence-corrected chi connectivity index (χ3v) is 3.58. The Bertz CT molecular complexity index is 450. The molecule has 1 aromatic carbocycles. The van der Waals surface area contributed by atoms with Crippen molar-refractivity contribution in [3.63, 3.8) is 0 Å². The van der Waals surface area contributed by atoms with Crippen LogP contribution in [-0.2, 0) is 10.2 Å². The lowest BCUT2D eigenvalue weighted by atomic mass is 9.61. The number of methoxy groups -OCH3 is 1. The van der Waals surface area contributed by atoms with Crippen molar-refractivity contribution >= 4 is 5.97 Å². The summed E-state index contributed by atoms with van der Waals surface area (Å²) < 4.78 is 5.17. The van der Waals surface area contributed by atoms with Gasteiger partial charge >= 0.3 is 5.97 Å². The molecule has 4 nitrogen and oxygen atoms in total. The molecule has 1 fully saturated rings. The van der Waals surface area contributed by atoms with E-state index < -0.39 is 11.4 Å². The van der Waals surface area contributed by atoms with Crippen LogP contribution in [0.3, 0.4) is 0 Å². The highest BCUT2D eigenvalue weighted by Crippen LogP contribution is 2.44. The average molecular weight is 235 g/mol. The zero-order valence-electron chi connectivity index (χ0n) is 10.1. The monoisotopic (exact) mass is 235 g/mol. The molecule has 0 saturated heterocycles. The number of ether oxygens (including phenoxy) is 1. The van der Waals surface area contributed by atoms with Gasteiger partial charge in [0.1, 0.15) is 5.75 Å². The molecule has 4 heteroatoms. The fourth-order valence-electron chi connectivity index (χ4n) is 2.55. The highest BCUT2D eigenvalue weighted by molar-refractivity contribution is 5.83. The van der Waals surface area contributed by atoms with Gasteiger partial charge in [0, 0.05) is 6.04 Å². The zero-order chi connectivity index (χ0) is 12.6. The average Bonchev–Trinajstić information content (AvgIpc) is 2.24. The van der Waals surface area contributed by atoms with Crippen molar-refractivity contribution < 1.29 is 14.6 Å². The summed E-state index contributed by atoms with van der Waals surface area (Å²) in [6, 6.07) is 5.53. The Hall–Kier alpha value is -1.55. The van der Waals surface area contributed by atoms with Crippen LogP contribution in [0.1, 0.15) is 24.0 Å². The van der Waals surface area contributed by atoms with E-state index in [0.717, 1.165) is 16.9 Å². The summed E-state index contributed by atoms with van der Waals surface area (Å²) in [5.41, 5.74) is 6.71. The molecule has 0 atom stereocenters. The Kier molecular flexibility index (Phi) is 2.83. The van der Waals surface area contributed by atoms with Crippen LogP contribution in [-0.4, -0.2) is 24.2 Å². The first-order chi connectivity index (χ1) is 7.99. The molecular weight excluding hydrogens is 218 g/mol. The van der Waals surface area contributed by atoms with E-state index in [2.05, 4.69) is 0 Å². The van der Waals surface area contributed by atoms with Crippen LogP contribution in [0.2, 0.25) is 0 Å². The van der Waals surface area contributed by atoms with Crippen molar-refractivity contribution in [1.29, 1.82) is 0 Å². The highest BCUT2D eigenvalue weighted by Gasteiger charge is 2.50. The Morgan fingerprint density at radius 2 is 2.18 bits per heavy atom.